The molecule has 5 rings (SSSR count). The molecule has 2 aromatic carbocycles. The molecule has 2 atom stereocenters. The van der Waals surface area contributed by atoms with E-state index in [1.54, 1.807) is 19.2 Å². The lowest BCUT2D eigenvalue weighted by Gasteiger charge is -2.35. The van der Waals surface area contributed by atoms with Gasteiger partial charge in [-0.05, 0) is 43.2 Å². The molecule has 156 valence electrons. The second-order valence-electron chi connectivity index (χ2n) is 8.16. The number of fused-ring (bicyclic) bond motifs is 4. The fourth-order valence-corrected chi connectivity index (χ4v) is 5.54. The molecule has 30 heavy (non-hydrogen) atoms. The molecule has 0 spiro atoms. The molecule has 0 aliphatic carbocycles. The molecular formula is C23H25N3O3S. The van der Waals surface area contributed by atoms with E-state index in [0.29, 0.717) is 17.0 Å². The van der Waals surface area contributed by atoms with Gasteiger partial charge in [-0.1, -0.05) is 18.2 Å². The maximum Gasteiger partial charge on any atom is 0.175 e. The Morgan fingerprint density at radius 3 is 2.60 bits per heavy atom. The smallest absolute Gasteiger partial charge is 0.175 e. The SMILES string of the molecule is COc1ccccc1CN1[C@@H]2CC[C@@H]1c1cnn(-c3ccc(S(C)(=O)=O)cc3)c1C2. The molecule has 1 saturated heterocycles. The first-order valence-corrected chi connectivity index (χ1v) is 12.1. The first-order valence-electron chi connectivity index (χ1n) is 10.2. The highest BCUT2D eigenvalue weighted by Crippen LogP contribution is 2.45. The lowest BCUT2D eigenvalue weighted by atomic mass is 9.99. The van der Waals surface area contributed by atoms with Crippen LogP contribution in [0.1, 0.15) is 35.7 Å². The number of rotatable bonds is 5. The molecule has 3 aromatic rings. The van der Waals surface area contributed by atoms with Crippen LogP contribution in [0.25, 0.3) is 5.69 Å². The number of hydrogen-bond donors (Lipinski definition) is 0. The largest absolute Gasteiger partial charge is 0.496 e. The predicted octanol–water partition coefficient (Wildman–Crippen LogP) is 3.55. The van der Waals surface area contributed by atoms with Crippen LogP contribution in [0.2, 0.25) is 0 Å². The maximum atomic E-state index is 11.8. The average molecular weight is 424 g/mol. The molecule has 0 unspecified atom stereocenters. The molecule has 0 radical (unpaired) electrons. The number of sulfone groups is 1. The van der Waals surface area contributed by atoms with Gasteiger partial charge in [0.2, 0.25) is 0 Å². The van der Waals surface area contributed by atoms with Gasteiger partial charge >= 0.3 is 0 Å². The lowest BCUT2D eigenvalue weighted by molar-refractivity contribution is 0.165. The topological polar surface area (TPSA) is 64.4 Å². The van der Waals surface area contributed by atoms with Crippen molar-refractivity contribution in [3.05, 3.63) is 71.5 Å². The van der Waals surface area contributed by atoms with Crippen LogP contribution in [-0.4, -0.2) is 42.5 Å². The molecule has 3 heterocycles. The van der Waals surface area contributed by atoms with Gasteiger partial charge in [0.15, 0.2) is 9.84 Å². The first-order chi connectivity index (χ1) is 14.5. The molecular weight excluding hydrogens is 398 g/mol. The van der Waals surface area contributed by atoms with Crippen LogP contribution in [0.15, 0.2) is 59.6 Å². The van der Waals surface area contributed by atoms with Gasteiger partial charge in [-0.25, -0.2) is 13.1 Å². The molecule has 1 fully saturated rings. The normalized spacial score (nSPS) is 20.9. The van der Waals surface area contributed by atoms with Crippen LogP contribution in [-0.2, 0) is 22.8 Å². The Labute approximate surface area is 177 Å². The van der Waals surface area contributed by atoms with E-state index < -0.39 is 9.84 Å². The molecule has 1 aromatic heterocycles. The summed E-state index contributed by atoms with van der Waals surface area (Å²) in [6.45, 7) is 0.868. The molecule has 2 bridgehead atoms. The molecule has 2 aliphatic heterocycles. The van der Waals surface area contributed by atoms with Crippen LogP contribution in [0.5, 0.6) is 5.75 Å². The zero-order valence-corrected chi connectivity index (χ0v) is 18.0. The van der Waals surface area contributed by atoms with Crippen LogP contribution < -0.4 is 4.74 Å². The monoisotopic (exact) mass is 423 g/mol. The number of ether oxygens (including phenoxy) is 1. The van der Waals surface area contributed by atoms with Gasteiger partial charge in [-0.2, -0.15) is 5.10 Å². The first kappa shape index (κ1) is 19.3. The Bertz CT molecular complexity index is 1180. The third-order valence-electron chi connectivity index (χ3n) is 6.39. The third-order valence-corrected chi connectivity index (χ3v) is 7.52. The Morgan fingerprint density at radius 2 is 1.87 bits per heavy atom. The van der Waals surface area contributed by atoms with Crippen molar-refractivity contribution >= 4 is 9.84 Å². The van der Waals surface area contributed by atoms with Crippen LogP contribution in [0.3, 0.4) is 0 Å². The van der Waals surface area contributed by atoms with E-state index >= 15 is 0 Å². The zero-order chi connectivity index (χ0) is 20.9. The fraction of sp³-hybridized carbons (Fsp3) is 0.348. The van der Waals surface area contributed by atoms with Crippen LogP contribution >= 0.6 is 0 Å². The standard InChI is InChI=1S/C23H25N3O3S/c1-29-23-6-4-3-5-16(23)15-25-18-9-12-21(25)20-14-24-26(22(20)13-18)17-7-10-19(11-8-17)30(2,27)28/h3-8,10-11,14,18,21H,9,12-13,15H2,1-2H3/t18-,21-/m1/s1. The van der Waals surface area contributed by atoms with Crippen molar-refractivity contribution in [1.29, 1.82) is 0 Å². The number of hydrogen-bond acceptors (Lipinski definition) is 5. The summed E-state index contributed by atoms with van der Waals surface area (Å²) in [4.78, 5) is 2.91. The minimum Gasteiger partial charge on any atom is -0.496 e. The van der Waals surface area contributed by atoms with E-state index in [0.717, 1.165) is 30.8 Å². The highest BCUT2D eigenvalue weighted by atomic mass is 32.2. The molecule has 7 heteroatoms. The summed E-state index contributed by atoms with van der Waals surface area (Å²) in [6, 6.07) is 16.0. The maximum absolute atomic E-state index is 11.8. The summed E-state index contributed by atoms with van der Waals surface area (Å²) < 4.78 is 31.0. The number of nitrogens with zero attached hydrogens (tertiary/aromatic N) is 3. The van der Waals surface area contributed by atoms with Gasteiger partial charge in [0.05, 0.1) is 29.6 Å². The highest BCUT2D eigenvalue weighted by molar-refractivity contribution is 7.90. The van der Waals surface area contributed by atoms with Crippen LogP contribution in [0.4, 0.5) is 0 Å². The van der Waals surface area contributed by atoms with Gasteiger partial charge < -0.3 is 4.74 Å². The molecule has 2 aliphatic rings. The number of aromatic nitrogens is 2. The summed E-state index contributed by atoms with van der Waals surface area (Å²) >= 11 is 0. The Morgan fingerprint density at radius 1 is 1.10 bits per heavy atom. The quantitative estimate of drug-likeness (QED) is 0.628. The second kappa shape index (κ2) is 7.25. The zero-order valence-electron chi connectivity index (χ0n) is 17.2. The third kappa shape index (κ3) is 3.22. The second-order valence-corrected chi connectivity index (χ2v) is 10.2. The van der Waals surface area contributed by atoms with Gasteiger partial charge in [0.25, 0.3) is 0 Å². The van der Waals surface area contributed by atoms with E-state index in [-0.39, 0.29) is 0 Å². The Kier molecular flexibility index (Phi) is 4.67. The van der Waals surface area contributed by atoms with Crippen LogP contribution in [0, 0.1) is 0 Å². The van der Waals surface area contributed by atoms with Crippen molar-refractivity contribution in [3.8, 4) is 11.4 Å². The van der Waals surface area contributed by atoms with E-state index in [9.17, 15) is 8.42 Å². The summed E-state index contributed by atoms with van der Waals surface area (Å²) in [7, 11) is -1.48. The summed E-state index contributed by atoms with van der Waals surface area (Å²) in [5, 5.41) is 4.67. The number of benzene rings is 2. The van der Waals surface area contributed by atoms with Gasteiger partial charge in [-0.3, -0.25) is 4.90 Å². The minimum absolute atomic E-state index is 0.329. The van der Waals surface area contributed by atoms with Crippen molar-refractivity contribution in [2.24, 2.45) is 0 Å². The predicted molar refractivity (Wildman–Crippen MR) is 115 cm³/mol. The minimum atomic E-state index is -3.20. The summed E-state index contributed by atoms with van der Waals surface area (Å²) in [5.41, 5.74) is 4.64. The number of para-hydroxylation sites is 1. The average Bonchev–Trinajstić information content (AvgIpc) is 3.28. The molecule has 6 nitrogen and oxygen atoms in total. The lowest BCUT2D eigenvalue weighted by Crippen LogP contribution is -2.37. The van der Waals surface area contributed by atoms with Crippen molar-refractivity contribution in [2.45, 2.75) is 42.8 Å². The van der Waals surface area contributed by atoms with Gasteiger partial charge in [0.1, 0.15) is 5.75 Å². The van der Waals surface area contributed by atoms with Crippen molar-refractivity contribution in [1.82, 2.24) is 14.7 Å². The molecule has 0 saturated carbocycles. The molecule has 0 amide bonds. The summed E-state index contributed by atoms with van der Waals surface area (Å²) in [5.74, 6) is 0.935. The number of methoxy groups -OCH3 is 1. The van der Waals surface area contributed by atoms with E-state index in [2.05, 4.69) is 22.1 Å². The molecule has 0 N–H and O–H groups in total. The van der Waals surface area contributed by atoms with Crippen molar-refractivity contribution in [3.63, 3.8) is 0 Å². The van der Waals surface area contributed by atoms with E-state index in [4.69, 9.17) is 4.74 Å². The van der Waals surface area contributed by atoms with Gasteiger partial charge in [-0.15, -0.1) is 0 Å². The van der Waals surface area contributed by atoms with Crippen molar-refractivity contribution < 1.29 is 13.2 Å². The summed E-state index contributed by atoms with van der Waals surface area (Å²) in [6.07, 6.45) is 6.45. The van der Waals surface area contributed by atoms with Gasteiger partial charge in [0, 0.05) is 42.4 Å². The van der Waals surface area contributed by atoms with E-state index in [1.165, 1.54) is 29.5 Å². The Balaban J connectivity index is 1.45. The van der Waals surface area contributed by atoms with E-state index in [1.807, 2.05) is 35.1 Å². The van der Waals surface area contributed by atoms with Crippen molar-refractivity contribution in [2.75, 3.05) is 13.4 Å². The Hall–Kier alpha value is -2.64. The fourth-order valence-electron chi connectivity index (χ4n) is 4.91. The highest BCUT2D eigenvalue weighted by Gasteiger charge is 2.42.